The second-order valence-electron chi connectivity index (χ2n) is 0.465. The van der Waals surface area contributed by atoms with Gasteiger partial charge in [-0.2, -0.15) is 0 Å². The summed E-state index contributed by atoms with van der Waals surface area (Å²) in [5.41, 5.74) is 0. The summed E-state index contributed by atoms with van der Waals surface area (Å²) in [6.45, 7) is 3.16. The normalized spacial score (nSPS) is 5.44. The van der Waals surface area contributed by atoms with E-state index in [4.69, 9.17) is 15.0 Å². The third kappa shape index (κ3) is 60.0. The van der Waals surface area contributed by atoms with E-state index in [2.05, 4.69) is 6.58 Å². The molecule has 3 N–H and O–H groups in total. The third-order valence-electron chi connectivity index (χ3n) is 0.124. The van der Waals surface area contributed by atoms with Crippen molar-refractivity contribution in [2.45, 2.75) is 0 Å². The summed E-state index contributed by atoms with van der Waals surface area (Å²) in [5, 5.41) is 13.5. The van der Waals surface area contributed by atoms with Crippen LogP contribution in [0.1, 0.15) is 0 Å². The number of rotatable bonds is 2. The van der Waals surface area contributed by atoms with Crippen LogP contribution in [0.25, 0.3) is 0 Å². The van der Waals surface area contributed by atoms with Crippen molar-refractivity contribution in [1.82, 2.24) is 0 Å². The predicted molar refractivity (Wildman–Crippen MR) is 38.3 cm³/mol. The van der Waals surface area contributed by atoms with Crippen molar-refractivity contribution in [3.05, 3.63) is 12.0 Å². The quantitative estimate of drug-likeness (QED) is 0.308. The van der Waals surface area contributed by atoms with Gasteiger partial charge in [0.05, 0.1) is 0 Å². The van der Waals surface area contributed by atoms with Crippen LogP contribution in [0.3, 0.4) is 0 Å². The molecular weight excluding hydrogens is 201 g/mol. The van der Waals surface area contributed by atoms with Crippen molar-refractivity contribution in [2.24, 2.45) is 5.14 Å². The SMILES string of the molecule is C=CSSN.O=CO.[Mn]. The standard InChI is InChI=1S/C2H5NS2.CH2O2.Mn/c1-2-4-5-3;2-1-3;/h2H,1,3H2;1H,(H,2,3);. The van der Waals surface area contributed by atoms with E-state index in [1.807, 2.05) is 0 Å². The molecule has 0 aliphatic carbocycles. The summed E-state index contributed by atoms with van der Waals surface area (Å²) < 4.78 is 0. The van der Waals surface area contributed by atoms with Gasteiger partial charge in [-0.15, -0.1) is 0 Å². The zero-order chi connectivity index (χ0) is 6.83. The molecule has 0 amide bonds. The fourth-order valence-corrected chi connectivity index (χ4v) is 0.354. The summed E-state index contributed by atoms with van der Waals surface area (Å²) in [4.78, 5) is 8.36. The fourth-order valence-electron chi connectivity index (χ4n) is 0.0393. The molecule has 0 aliphatic rings. The molecule has 0 rings (SSSR count). The van der Waals surface area contributed by atoms with E-state index in [-0.39, 0.29) is 23.5 Å². The molecule has 0 aromatic rings. The summed E-state index contributed by atoms with van der Waals surface area (Å²) in [5.74, 6) is 0. The second kappa shape index (κ2) is 23.8. The second-order valence-corrected chi connectivity index (χ2v) is 2.34. The fraction of sp³-hybridized carbons (Fsp3) is 0. The summed E-state index contributed by atoms with van der Waals surface area (Å²) in [6.07, 6.45) is 0. The Labute approximate surface area is 72.5 Å². The maximum atomic E-state index is 8.36. The van der Waals surface area contributed by atoms with Gasteiger partial charge in [0.2, 0.25) is 0 Å². The van der Waals surface area contributed by atoms with Gasteiger partial charge in [0.1, 0.15) is 0 Å². The van der Waals surface area contributed by atoms with Gasteiger partial charge in [-0.3, -0.25) is 9.93 Å². The monoisotopic (exact) mass is 208 g/mol. The maximum Gasteiger partial charge on any atom is 0.290 e. The van der Waals surface area contributed by atoms with Crippen molar-refractivity contribution in [1.29, 1.82) is 0 Å². The minimum Gasteiger partial charge on any atom is -0.483 e. The number of hydrogen-bond donors (Lipinski definition) is 2. The average Bonchev–Trinajstić information content (AvgIpc) is 1.71. The smallest absolute Gasteiger partial charge is 0.290 e. The Kier molecular flexibility index (Phi) is 42.8. The summed E-state index contributed by atoms with van der Waals surface area (Å²) in [7, 11) is 2.62. The van der Waals surface area contributed by atoms with Crippen LogP contribution in [0, 0.1) is 0 Å². The van der Waals surface area contributed by atoms with Gasteiger partial charge >= 0.3 is 0 Å². The Morgan fingerprint density at radius 3 is 2.00 bits per heavy atom. The number of carboxylic acid groups (broad SMARTS) is 1. The summed E-state index contributed by atoms with van der Waals surface area (Å²) in [6, 6.07) is 0. The van der Waals surface area contributed by atoms with Gasteiger partial charge in [-0.05, 0) is 16.4 Å². The van der Waals surface area contributed by atoms with Gasteiger partial charge in [-0.25, -0.2) is 0 Å². The Morgan fingerprint density at radius 2 is 2.00 bits per heavy atom. The average molecular weight is 208 g/mol. The van der Waals surface area contributed by atoms with E-state index >= 15 is 0 Å². The largest absolute Gasteiger partial charge is 0.483 e. The molecule has 1 radical (unpaired) electrons. The zero-order valence-corrected chi connectivity index (χ0v) is 7.30. The van der Waals surface area contributed by atoms with Gasteiger partial charge in [-0.1, -0.05) is 17.4 Å². The molecule has 0 heterocycles. The molecule has 0 aliphatic heterocycles. The van der Waals surface area contributed by atoms with Crippen LogP contribution in [0.2, 0.25) is 0 Å². The molecule has 0 saturated heterocycles. The first kappa shape index (κ1) is 16.2. The molecule has 0 spiro atoms. The zero-order valence-electron chi connectivity index (χ0n) is 4.49. The van der Waals surface area contributed by atoms with E-state index in [9.17, 15) is 0 Å². The van der Waals surface area contributed by atoms with Crippen LogP contribution in [-0.2, 0) is 21.9 Å². The minimum absolute atomic E-state index is 0. The van der Waals surface area contributed by atoms with Crippen LogP contribution in [0.15, 0.2) is 12.0 Å². The van der Waals surface area contributed by atoms with E-state index in [0.29, 0.717) is 0 Å². The molecule has 0 atom stereocenters. The van der Waals surface area contributed by atoms with E-state index < -0.39 is 0 Å². The third-order valence-corrected chi connectivity index (χ3v) is 1.11. The van der Waals surface area contributed by atoms with Crippen molar-refractivity contribution in [2.75, 3.05) is 0 Å². The van der Waals surface area contributed by atoms with Gasteiger partial charge in [0.25, 0.3) is 6.47 Å². The van der Waals surface area contributed by atoms with Crippen molar-refractivity contribution in [3.63, 3.8) is 0 Å². The molecule has 0 aromatic heterocycles. The Bertz CT molecular complexity index is 63.8. The van der Waals surface area contributed by atoms with Gasteiger partial charge in [0.15, 0.2) is 0 Å². The van der Waals surface area contributed by atoms with Crippen molar-refractivity contribution < 1.29 is 27.0 Å². The minimum atomic E-state index is -0.250. The molecule has 0 unspecified atom stereocenters. The van der Waals surface area contributed by atoms with Crippen LogP contribution in [0.5, 0.6) is 0 Å². The van der Waals surface area contributed by atoms with Crippen LogP contribution in [0.4, 0.5) is 0 Å². The Balaban J connectivity index is -0.0000000800. The summed E-state index contributed by atoms with van der Waals surface area (Å²) >= 11 is 0. The van der Waals surface area contributed by atoms with Gasteiger partial charge in [0, 0.05) is 17.1 Å². The van der Waals surface area contributed by atoms with E-state index in [0.717, 1.165) is 0 Å². The van der Waals surface area contributed by atoms with Gasteiger partial charge < -0.3 is 5.11 Å². The number of carbonyl (C=O) groups is 1. The number of nitrogens with two attached hydrogens (primary N) is 1. The van der Waals surface area contributed by atoms with E-state index in [1.165, 1.54) is 21.8 Å². The molecule has 0 fully saturated rings. The predicted octanol–water partition coefficient (Wildman–Crippen LogP) is 1.08. The Hall–Kier alpha value is 0.389. The molecule has 0 bridgehead atoms. The first-order valence-corrected chi connectivity index (χ1v) is 3.82. The first-order chi connectivity index (χ1) is 3.83. The van der Waals surface area contributed by atoms with Crippen LogP contribution >= 0.6 is 21.8 Å². The Morgan fingerprint density at radius 1 is 1.67 bits per heavy atom. The molecule has 3 nitrogen and oxygen atoms in total. The van der Waals surface area contributed by atoms with Crippen LogP contribution < -0.4 is 5.14 Å². The molecule has 6 heteroatoms. The van der Waals surface area contributed by atoms with Crippen LogP contribution in [-0.4, -0.2) is 11.6 Å². The maximum absolute atomic E-state index is 8.36. The molecule has 0 aromatic carbocycles. The molecule has 0 saturated carbocycles. The van der Waals surface area contributed by atoms with E-state index in [1.54, 1.807) is 5.41 Å². The molecule has 55 valence electrons. The first-order valence-electron chi connectivity index (χ1n) is 1.54. The molecular formula is C3H7MnNO2S2. The van der Waals surface area contributed by atoms with Crippen molar-refractivity contribution >= 4 is 28.2 Å². The topological polar surface area (TPSA) is 63.3 Å². The number of hydrogen-bond acceptors (Lipinski definition) is 4. The van der Waals surface area contributed by atoms with Crippen molar-refractivity contribution in [3.8, 4) is 0 Å². The molecule has 9 heavy (non-hydrogen) atoms.